The summed E-state index contributed by atoms with van der Waals surface area (Å²) < 4.78 is 54.5. The Morgan fingerprint density at radius 3 is 2.39 bits per heavy atom. The lowest BCUT2D eigenvalue weighted by atomic mass is 10.1. The molecule has 0 fully saturated rings. The quantitative estimate of drug-likeness (QED) is 0.342. The summed E-state index contributed by atoms with van der Waals surface area (Å²) in [5.74, 6) is -0.955. The molecule has 0 unspecified atom stereocenters. The molecular formula is C24H28F4N4O. The third kappa shape index (κ3) is 5.84. The largest absolute Gasteiger partial charge is 0.418 e. The van der Waals surface area contributed by atoms with Crippen LogP contribution in [-0.4, -0.2) is 36.0 Å². The average molecular weight is 465 g/mol. The standard InChI is InChI=1S/C24H28F4N4O/c1-14(2)32(15(3)4)10-9-29-21-8-6-17(12-20(21)24(26,27)28)30-13-19-18-7-5-16(25)11-22(18)31-23(19)33/h5-8,11-15,29-30H,9-10H2,1-4H3,(H,31,33). The summed E-state index contributed by atoms with van der Waals surface area (Å²) in [5.41, 5.74) is 0.374. The first-order valence-electron chi connectivity index (χ1n) is 10.8. The number of benzene rings is 2. The van der Waals surface area contributed by atoms with Gasteiger partial charge in [-0.25, -0.2) is 4.39 Å². The molecule has 0 saturated carbocycles. The van der Waals surface area contributed by atoms with Gasteiger partial charge in [-0.05, 0) is 64.1 Å². The van der Waals surface area contributed by atoms with Crippen molar-refractivity contribution in [2.24, 2.45) is 0 Å². The minimum Gasteiger partial charge on any atom is -0.383 e. The maximum atomic E-state index is 13.7. The predicted molar refractivity (Wildman–Crippen MR) is 124 cm³/mol. The Bertz CT molecular complexity index is 1040. The molecule has 1 amide bonds. The highest BCUT2D eigenvalue weighted by Crippen LogP contribution is 2.37. The Balaban J connectivity index is 1.78. The van der Waals surface area contributed by atoms with E-state index in [4.69, 9.17) is 0 Å². The van der Waals surface area contributed by atoms with Crippen LogP contribution < -0.4 is 16.0 Å². The first kappa shape index (κ1) is 24.6. The van der Waals surface area contributed by atoms with E-state index in [9.17, 15) is 22.4 Å². The number of halogens is 4. The van der Waals surface area contributed by atoms with Crippen molar-refractivity contribution < 1.29 is 22.4 Å². The highest BCUT2D eigenvalue weighted by Gasteiger charge is 2.34. The molecule has 0 bridgehead atoms. The molecule has 1 aliphatic rings. The average Bonchev–Trinajstić information content (AvgIpc) is 3.02. The molecule has 0 atom stereocenters. The Hall–Kier alpha value is -3.07. The van der Waals surface area contributed by atoms with Gasteiger partial charge in [0.25, 0.3) is 5.91 Å². The number of hydrogen-bond donors (Lipinski definition) is 3. The van der Waals surface area contributed by atoms with E-state index in [1.165, 1.54) is 36.5 Å². The molecule has 0 aliphatic carbocycles. The van der Waals surface area contributed by atoms with E-state index in [0.29, 0.717) is 24.3 Å². The highest BCUT2D eigenvalue weighted by molar-refractivity contribution is 6.31. The smallest absolute Gasteiger partial charge is 0.383 e. The van der Waals surface area contributed by atoms with Crippen molar-refractivity contribution in [2.45, 2.75) is 46.0 Å². The number of amides is 1. The van der Waals surface area contributed by atoms with Crippen LogP contribution in [0.2, 0.25) is 0 Å². The second kappa shape index (κ2) is 9.82. The molecule has 0 radical (unpaired) electrons. The lowest BCUT2D eigenvalue weighted by Crippen LogP contribution is -2.40. The molecule has 0 spiro atoms. The molecule has 2 aromatic rings. The molecule has 0 aromatic heterocycles. The summed E-state index contributed by atoms with van der Waals surface area (Å²) >= 11 is 0. The van der Waals surface area contributed by atoms with Gasteiger partial charge in [-0.3, -0.25) is 9.69 Å². The number of hydrogen-bond acceptors (Lipinski definition) is 4. The first-order valence-corrected chi connectivity index (χ1v) is 10.8. The van der Waals surface area contributed by atoms with Gasteiger partial charge in [0.15, 0.2) is 0 Å². The van der Waals surface area contributed by atoms with Crippen molar-refractivity contribution in [1.82, 2.24) is 4.90 Å². The molecule has 3 N–H and O–H groups in total. The lowest BCUT2D eigenvalue weighted by Gasteiger charge is -2.30. The topological polar surface area (TPSA) is 56.4 Å². The van der Waals surface area contributed by atoms with E-state index in [1.54, 1.807) is 0 Å². The number of alkyl halides is 3. The van der Waals surface area contributed by atoms with Crippen LogP contribution in [0.1, 0.15) is 38.8 Å². The number of carbonyl (C=O) groups is 1. The summed E-state index contributed by atoms with van der Waals surface area (Å²) in [5, 5.41) is 8.21. The highest BCUT2D eigenvalue weighted by atomic mass is 19.4. The lowest BCUT2D eigenvalue weighted by molar-refractivity contribution is -0.136. The fraction of sp³-hybridized carbons (Fsp3) is 0.375. The van der Waals surface area contributed by atoms with Crippen LogP contribution in [0.5, 0.6) is 0 Å². The van der Waals surface area contributed by atoms with Gasteiger partial charge in [-0.2, -0.15) is 13.2 Å². The van der Waals surface area contributed by atoms with Crippen LogP contribution in [0.25, 0.3) is 5.57 Å². The van der Waals surface area contributed by atoms with E-state index < -0.39 is 23.5 Å². The fourth-order valence-corrected chi connectivity index (χ4v) is 3.92. The van der Waals surface area contributed by atoms with Crippen LogP contribution >= 0.6 is 0 Å². The minimum atomic E-state index is -4.56. The first-order chi connectivity index (χ1) is 15.5. The van der Waals surface area contributed by atoms with E-state index in [1.807, 2.05) is 0 Å². The van der Waals surface area contributed by atoms with Crippen LogP contribution in [0.4, 0.5) is 34.6 Å². The number of nitrogens with one attached hydrogen (secondary N) is 3. The van der Waals surface area contributed by atoms with Crippen molar-refractivity contribution in [3.05, 3.63) is 59.5 Å². The van der Waals surface area contributed by atoms with Gasteiger partial charge in [0.2, 0.25) is 0 Å². The van der Waals surface area contributed by atoms with Crippen LogP contribution in [0.15, 0.2) is 42.6 Å². The zero-order valence-corrected chi connectivity index (χ0v) is 19.0. The number of fused-ring (bicyclic) bond motifs is 1. The summed E-state index contributed by atoms with van der Waals surface area (Å²) in [6.45, 7) is 9.17. The van der Waals surface area contributed by atoms with E-state index in [0.717, 1.165) is 6.07 Å². The van der Waals surface area contributed by atoms with Gasteiger partial charge >= 0.3 is 6.18 Å². The van der Waals surface area contributed by atoms with Gasteiger partial charge < -0.3 is 16.0 Å². The molecule has 33 heavy (non-hydrogen) atoms. The maximum Gasteiger partial charge on any atom is 0.418 e. The van der Waals surface area contributed by atoms with Crippen molar-refractivity contribution >= 4 is 28.5 Å². The third-order valence-electron chi connectivity index (χ3n) is 5.48. The number of rotatable bonds is 8. The fourth-order valence-electron chi connectivity index (χ4n) is 3.92. The Morgan fingerprint density at radius 1 is 1.06 bits per heavy atom. The molecule has 1 aliphatic heterocycles. The minimum absolute atomic E-state index is 0.00686. The van der Waals surface area contributed by atoms with E-state index in [2.05, 4.69) is 48.5 Å². The summed E-state index contributed by atoms with van der Waals surface area (Å²) in [6, 6.07) is 8.30. The molecule has 9 heteroatoms. The Morgan fingerprint density at radius 2 is 1.76 bits per heavy atom. The zero-order valence-electron chi connectivity index (χ0n) is 19.0. The molecule has 5 nitrogen and oxygen atoms in total. The van der Waals surface area contributed by atoms with Crippen molar-refractivity contribution in [3.63, 3.8) is 0 Å². The molecule has 3 rings (SSSR count). The number of carbonyl (C=O) groups excluding carboxylic acids is 1. The second-order valence-electron chi connectivity index (χ2n) is 8.46. The SMILES string of the molecule is CC(C)N(CCNc1ccc(NC=C2C(=O)Nc3cc(F)ccc32)cc1C(F)(F)F)C(C)C. The van der Waals surface area contributed by atoms with Gasteiger partial charge in [0.1, 0.15) is 5.82 Å². The molecule has 2 aromatic carbocycles. The molecular weight excluding hydrogens is 436 g/mol. The molecule has 0 saturated heterocycles. The third-order valence-corrected chi connectivity index (χ3v) is 5.48. The summed E-state index contributed by atoms with van der Waals surface area (Å²) in [4.78, 5) is 14.4. The number of nitrogens with zero attached hydrogens (tertiary/aromatic N) is 1. The second-order valence-corrected chi connectivity index (χ2v) is 8.46. The molecule has 1 heterocycles. The van der Waals surface area contributed by atoms with Crippen LogP contribution in [-0.2, 0) is 11.0 Å². The Kier molecular flexibility index (Phi) is 7.31. The normalized spacial score (nSPS) is 14.9. The van der Waals surface area contributed by atoms with E-state index >= 15 is 0 Å². The monoisotopic (exact) mass is 464 g/mol. The Labute approximate surface area is 190 Å². The van der Waals surface area contributed by atoms with Crippen LogP contribution in [0, 0.1) is 5.82 Å². The van der Waals surface area contributed by atoms with E-state index in [-0.39, 0.29) is 29.0 Å². The van der Waals surface area contributed by atoms with Crippen molar-refractivity contribution in [1.29, 1.82) is 0 Å². The van der Waals surface area contributed by atoms with Gasteiger partial charge in [-0.1, -0.05) is 0 Å². The maximum absolute atomic E-state index is 13.7. The predicted octanol–water partition coefficient (Wildman–Crippen LogP) is 5.78. The van der Waals surface area contributed by atoms with Crippen LogP contribution in [0.3, 0.4) is 0 Å². The summed E-state index contributed by atoms with van der Waals surface area (Å²) in [6.07, 6.45) is -3.23. The van der Waals surface area contributed by atoms with Gasteiger partial charge in [0, 0.05) is 48.3 Å². The van der Waals surface area contributed by atoms with Crippen molar-refractivity contribution in [3.8, 4) is 0 Å². The van der Waals surface area contributed by atoms with Gasteiger partial charge in [0.05, 0.1) is 16.8 Å². The number of anilines is 3. The van der Waals surface area contributed by atoms with Crippen molar-refractivity contribution in [2.75, 3.05) is 29.0 Å². The van der Waals surface area contributed by atoms with Gasteiger partial charge in [-0.15, -0.1) is 0 Å². The molecule has 178 valence electrons. The zero-order chi connectivity index (χ0) is 24.3. The summed E-state index contributed by atoms with van der Waals surface area (Å²) in [7, 11) is 0.